The SMILES string of the molecule is Cn1cccc1CNC1CCCN(c2nccn3c(=O)[nH]nc23)C1. The molecule has 0 spiro atoms. The Labute approximate surface area is 139 Å². The van der Waals surface area contributed by atoms with Gasteiger partial charge in [0.25, 0.3) is 0 Å². The van der Waals surface area contributed by atoms with Crippen LogP contribution in [0.15, 0.2) is 35.5 Å². The minimum atomic E-state index is -0.232. The Morgan fingerprint density at radius 1 is 1.42 bits per heavy atom. The molecule has 1 aliphatic heterocycles. The van der Waals surface area contributed by atoms with Crippen molar-refractivity contribution in [1.29, 1.82) is 0 Å². The number of H-pyrrole nitrogens is 1. The highest BCUT2D eigenvalue weighted by molar-refractivity contribution is 5.63. The predicted octanol–water partition coefficient (Wildman–Crippen LogP) is 0.515. The van der Waals surface area contributed by atoms with E-state index in [0.717, 1.165) is 38.3 Å². The van der Waals surface area contributed by atoms with E-state index < -0.39 is 0 Å². The van der Waals surface area contributed by atoms with E-state index in [0.29, 0.717) is 11.7 Å². The fraction of sp³-hybridized carbons (Fsp3) is 0.438. The summed E-state index contributed by atoms with van der Waals surface area (Å²) >= 11 is 0. The predicted molar refractivity (Wildman–Crippen MR) is 91.1 cm³/mol. The summed E-state index contributed by atoms with van der Waals surface area (Å²) < 4.78 is 3.63. The number of anilines is 1. The fourth-order valence-electron chi connectivity index (χ4n) is 3.32. The second kappa shape index (κ2) is 6.12. The molecule has 1 unspecified atom stereocenters. The van der Waals surface area contributed by atoms with Gasteiger partial charge in [-0.1, -0.05) is 0 Å². The Morgan fingerprint density at radius 3 is 3.17 bits per heavy atom. The van der Waals surface area contributed by atoms with Gasteiger partial charge in [0.05, 0.1) is 0 Å². The molecule has 0 aliphatic carbocycles. The molecule has 1 aliphatic rings. The number of fused-ring (bicyclic) bond motifs is 1. The number of hydrogen-bond donors (Lipinski definition) is 2. The molecule has 126 valence electrons. The molecule has 8 heteroatoms. The number of rotatable bonds is 4. The van der Waals surface area contributed by atoms with Gasteiger partial charge in [-0.3, -0.25) is 0 Å². The highest BCUT2D eigenvalue weighted by atomic mass is 16.1. The minimum Gasteiger partial charge on any atom is -0.353 e. The normalized spacial score (nSPS) is 18.4. The van der Waals surface area contributed by atoms with Crippen LogP contribution < -0.4 is 15.9 Å². The molecule has 3 aromatic heterocycles. The number of nitrogens with one attached hydrogen (secondary N) is 2. The summed E-state index contributed by atoms with van der Waals surface area (Å²) in [5.41, 5.74) is 1.63. The molecule has 3 aromatic rings. The summed E-state index contributed by atoms with van der Waals surface area (Å²) in [6.07, 6.45) is 7.57. The highest BCUT2D eigenvalue weighted by Gasteiger charge is 2.23. The Hall–Kier alpha value is -2.61. The van der Waals surface area contributed by atoms with Crippen molar-refractivity contribution in [2.24, 2.45) is 7.05 Å². The molecule has 4 heterocycles. The number of piperidine rings is 1. The molecule has 0 aromatic carbocycles. The van der Waals surface area contributed by atoms with Crippen LogP contribution >= 0.6 is 0 Å². The lowest BCUT2D eigenvalue weighted by Crippen LogP contribution is -2.46. The van der Waals surface area contributed by atoms with Crippen LogP contribution in [0, 0.1) is 0 Å². The van der Waals surface area contributed by atoms with Crippen LogP contribution in [-0.2, 0) is 13.6 Å². The molecule has 0 saturated carbocycles. The zero-order valence-electron chi connectivity index (χ0n) is 13.6. The lowest BCUT2D eigenvalue weighted by Gasteiger charge is -2.34. The molecular weight excluding hydrogens is 306 g/mol. The second-order valence-corrected chi connectivity index (χ2v) is 6.25. The van der Waals surface area contributed by atoms with Crippen molar-refractivity contribution in [2.45, 2.75) is 25.4 Å². The van der Waals surface area contributed by atoms with Gasteiger partial charge in [0, 0.05) is 57.0 Å². The minimum absolute atomic E-state index is 0.232. The number of hydrogen-bond acceptors (Lipinski definition) is 5. The van der Waals surface area contributed by atoms with Gasteiger partial charge in [-0.25, -0.2) is 19.3 Å². The third-order valence-corrected chi connectivity index (χ3v) is 4.66. The van der Waals surface area contributed by atoms with Gasteiger partial charge in [0.15, 0.2) is 5.82 Å². The van der Waals surface area contributed by atoms with E-state index in [9.17, 15) is 4.79 Å². The van der Waals surface area contributed by atoms with E-state index in [4.69, 9.17) is 0 Å². The van der Waals surface area contributed by atoms with Crippen LogP contribution in [0.5, 0.6) is 0 Å². The van der Waals surface area contributed by atoms with E-state index in [1.807, 2.05) is 0 Å². The molecule has 24 heavy (non-hydrogen) atoms. The first kappa shape index (κ1) is 14.9. The summed E-state index contributed by atoms with van der Waals surface area (Å²) in [6, 6.07) is 4.58. The number of aromatic nitrogens is 5. The van der Waals surface area contributed by atoms with E-state index in [2.05, 4.69) is 55.3 Å². The zero-order chi connectivity index (χ0) is 16.5. The van der Waals surface area contributed by atoms with E-state index in [1.165, 1.54) is 10.1 Å². The Morgan fingerprint density at radius 2 is 2.33 bits per heavy atom. The van der Waals surface area contributed by atoms with Crippen molar-refractivity contribution >= 4 is 11.5 Å². The summed E-state index contributed by atoms with van der Waals surface area (Å²) in [7, 11) is 2.06. The Kier molecular flexibility index (Phi) is 3.81. The van der Waals surface area contributed by atoms with E-state index in [1.54, 1.807) is 12.4 Å². The average molecular weight is 327 g/mol. The van der Waals surface area contributed by atoms with Gasteiger partial charge in [0.1, 0.15) is 0 Å². The maximum absolute atomic E-state index is 11.7. The first-order valence-electron chi connectivity index (χ1n) is 8.22. The summed E-state index contributed by atoms with van der Waals surface area (Å²) in [5, 5.41) is 10.2. The molecule has 1 saturated heterocycles. The molecule has 1 atom stereocenters. The van der Waals surface area contributed by atoms with Crippen molar-refractivity contribution < 1.29 is 0 Å². The fourth-order valence-corrected chi connectivity index (χ4v) is 3.32. The summed E-state index contributed by atoms with van der Waals surface area (Å²) in [4.78, 5) is 18.4. The summed E-state index contributed by atoms with van der Waals surface area (Å²) in [6.45, 7) is 2.63. The number of nitrogens with zero attached hydrogens (tertiary/aromatic N) is 5. The molecule has 0 bridgehead atoms. The molecule has 1 fully saturated rings. The van der Waals surface area contributed by atoms with Crippen molar-refractivity contribution in [3.8, 4) is 0 Å². The standard InChI is InChI=1S/C16H21N7O/c1-21-7-3-5-13(21)10-18-12-4-2-8-22(11-12)14-15-19-20-16(24)23(15)9-6-17-14/h3,5-7,9,12,18H,2,4,8,10-11H2,1H3,(H,20,24). The molecule has 0 radical (unpaired) electrons. The van der Waals surface area contributed by atoms with Gasteiger partial charge in [0.2, 0.25) is 5.65 Å². The maximum Gasteiger partial charge on any atom is 0.347 e. The largest absolute Gasteiger partial charge is 0.353 e. The zero-order valence-corrected chi connectivity index (χ0v) is 13.6. The molecular formula is C16H21N7O. The maximum atomic E-state index is 11.7. The Bertz CT molecular complexity index is 893. The van der Waals surface area contributed by atoms with Gasteiger partial charge in [-0.2, -0.15) is 0 Å². The number of aromatic amines is 1. The average Bonchev–Trinajstić information content (AvgIpc) is 3.19. The van der Waals surface area contributed by atoms with Crippen LogP contribution in [-0.4, -0.2) is 43.3 Å². The number of aryl methyl sites for hydroxylation is 1. The van der Waals surface area contributed by atoms with Crippen LogP contribution in [0.4, 0.5) is 5.82 Å². The van der Waals surface area contributed by atoms with E-state index in [-0.39, 0.29) is 5.69 Å². The Balaban J connectivity index is 1.50. The lowest BCUT2D eigenvalue weighted by atomic mass is 10.1. The highest BCUT2D eigenvalue weighted by Crippen LogP contribution is 2.20. The first-order chi connectivity index (χ1) is 11.7. The van der Waals surface area contributed by atoms with Gasteiger partial charge in [-0.05, 0) is 25.0 Å². The third-order valence-electron chi connectivity index (χ3n) is 4.66. The van der Waals surface area contributed by atoms with Crippen LogP contribution in [0.2, 0.25) is 0 Å². The van der Waals surface area contributed by atoms with Crippen molar-refractivity contribution in [1.82, 2.24) is 29.5 Å². The quantitative estimate of drug-likeness (QED) is 0.730. The van der Waals surface area contributed by atoms with Crippen LogP contribution in [0.1, 0.15) is 18.5 Å². The summed E-state index contributed by atoms with van der Waals surface area (Å²) in [5.74, 6) is 0.765. The molecule has 8 nitrogen and oxygen atoms in total. The monoisotopic (exact) mass is 327 g/mol. The topological polar surface area (TPSA) is 83.2 Å². The lowest BCUT2D eigenvalue weighted by molar-refractivity contribution is 0.416. The van der Waals surface area contributed by atoms with Crippen molar-refractivity contribution in [2.75, 3.05) is 18.0 Å². The molecule has 4 rings (SSSR count). The molecule has 0 amide bonds. The smallest absolute Gasteiger partial charge is 0.347 e. The van der Waals surface area contributed by atoms with Crippen LogP contribution in [0.25, 0.3) is 5.65 Å². The van der Waals surface area contributed by atoms with Crippen molar-refractivity contribution in [3.05, 3.63) is 46.9 Å². The van der Waals surface area contributed by atoms with Crippen molar-refractivity contribution in [3.63, 3.8) is 0 Å². The molecule has 2 N–H and O–H groups in total. The van der Waals surface area contributed by atoms with E-state index >= 15 is 0 Å². The second-order valence-electron chi connectivity index (χ2n) is 6.25. The third kappa shape index (κ3) is 2.69. The van der Waals surface area contributed by atoms with Gasteiger partial charge >= 0.3 is 5.69 Å². The first-order valence-corrected chi connectivity index (χ1v) is 8.22. The van der Waals surface area contributed by atoms with Crippen LogP contribution in [0.3, 0.4) is 0 Å². The van der Waals surface area contributed by atoms with Gasteiger partial charge < -0.3 is 14.8 Å². The van der Waals surface area contributed by atoms with Gasteiger partial charge in [-0.15, -0.1) is 5.10 Å².